The molecule has 0 spiro atoms. The second-order valence-electron chi connectivity index (χ2n) is 4.49. The number of benzene rings is 1. The molecule has 1 rings (SSSR count). The zero-order valence-electron chi connectivity index (χ0n) is 10.7. The maximum absolute atomic E-state index is 8.88. The fourth-order valence-corrected chi connectivity index (χ4v) is 1.71. The Hall–Kier alpha value is -1.02. The van der Waals surface area contributed by atoms with Crippen LogP contribution >= 0.6 is 0 Å². The normalized spacial score (nSPS) is 10.9. The van der Waals surface area contributed by atoms with Gasteiger partial charge in [-0.1, -0.05) is 12.1 Å². The van der Waals surface area contributed by atoms with E-state index in [4.69, 9.17) is 9.84 Å². The highest BCUT2D eigenvalue weighted by atomic mass is 16.5. The average Bonchev–Trinajstić information content (AvgIpc) is 2.23. The van der Waals surface area contributed by atoms with Crippen molar-refractivity contribution in [3.05, 3.63) is 28.8 Å². The van der Waals surface area contributed by atoms with Gasteiger partial charge in [0, 0.05) is 6.61 Å². The lowest BCUT2D eigenvalue weighted by Gasteiger charge is -2.18. The van der Waals surface area contributed by atoms with E-state index in [9.17, 15) is 0 Å². The van der Waals surface area contributed by atoms with Crippen molar-refractivity contribution in [3.63, 3.8) is 0 Å². The van der Waals surface area contributed by atoms with Gasteiger partial charge in [0.05, 0.1) is 6.10 Å². The van der Waals surface area contributed by atoms with Crippen LogP contribution in [-0.4, -0.2) is 17.8 Å². The third-order valence-electron chi connectivity index (χ3n) is 2.72. The minimum absolute atomic E-state index is 0.188. The van der Waals surface area contributed by atoms with Crippen LogP contribution < -0.4 is 4.74 Å². The Morgan fingerprint density at radius 3 is 2.50 bits per heavy atom. The lowest BCUT2D eigenvalue weighted by Crippen LogP contribution is -2.09. The Morgan fingerprint density at radius 2 is 1.94 bits per heavy atom. The quantitative estimate of drug-likeness (QED) is 0.829. The molecule has 1 N–H and O–H groups in total. The number of aliphatic hydroxyl groups excluding tert-OH is 1. The highest BCUT2D eigenvalue weighted by molar-refractivity contribution is 5.45. The molecule has 90 valence electrons. The number of ether oxygens (including phenoxy) is 1. The van der Waals surface area contributed by atoms with Crippen LogP contribution in [0.5, 0.6) is 5.75 Å². The molecule has 0 aliphatic heterocycles. The van der Waals surface area contributed by atoms with Gasteiger partial charge in [-0.15, -0.1) is 0 Å². The SMILES string of the molecule is Cc1ccc(CCCO)c(OC(C)C)c1C. The molecule has 0 unspecified atom stereocenters. The number of aryl methyl sites for hydroxylation is 2. The average molecular weight is 222 g/mol. The summed E-state index contributed by atoms with van der Waals surface area (Å²) < 4.78 is 5.87. The lowest BCUT2D eigenvalue weighted by atomic mass is 10.0. The first-order chi connectivity index (χ1) is 7.56. The molecule has 0 aromatic heterocycles. The van der Waals surface area contributed by atoms with Crippen LogP contribution in [0.4, 0.5) is 0 Å². The smallest absolute Gasteiger partial charge is 0.126 e. The van der Waals surface area contributed by atoms with E-state index in [-0.39, 0.29) is 12.7 Å². The first kappa shape index (κ1) is 13.0. The standard InChI is InChI=1S/C14H22O2/c1-10(2)16-14-12(4)11(3)7-8-13(14)6-5-9-15/h7-8,10,15H,5-6,9H2,1-4H3. The Balaban J connectivity index is 3.01. The van der Waals surface area contributed by atoms with Crippen molar-refractivity contribution < 1.29 is 9.84 Å². The van der Waals surface area contributed by atoms with Gasteiger partial charge in [0.25, 0.3) is 0 Å². The van der Waals surface area contributed by atoms with Gasteiger partial charge in [0.2, 0.25) is 0 Å². The van der Waals surface area contributed by atoms with Gasteiger partial charge < -0.3 is 9.84 Å². The number of hydrogen-bond donors (Lipinski definition) is 1. The maximum atomic E-state index is 8.88. The highest BCUT2D eigenvalue weighted by Crippen LogP contribution is 2.28. The Bertz CT molecular complexity index is 343. The maximum Gasteiger partial charge on any atom is 0.126 e. The number of rotatable bonds is 5. The van der Waals surface area contributed by atoms with E-state index in [0.717, 1.165) is 18.6 Å². The van der Waals surface area contributed by atoms with Gasteiger partial charge in [-0.3, -0.25) is 0 Å². The molecular weight excluding hydrogens is 200 g/mol. The molecule has 1 aromatic rings. The van der Waals surface area contributed by atoms with Crippen LogP contribution in [0.3, 0.4) is 0 Å². The first-order valence-corrected chi connectivity index (χ1v) is 5.92. The van der Waals surface area contributed by atoms with Crippen LogP contribution in [0.1, 0.15) is 37.0 Å². The molecule has 0 atom stereocenters. The van der Waals surface area contributed by atoms with Crippen LogP contribution in [-0.2, 0) is 6.42 Å². The van der Waals surface area contributed by atoms with E-state index in [0.29, 0.717) is 0 Å². The molecule has 0 aliphatic carbocycles. The molecule has 0 fully saturated rings. The predicted molar refractivity (Wildman–Crippen MR) is 67.1 cm³/mol. The Kier molecular flexibility index (Phi) is 4.81. The monoisotopic (exact) mass is 222 g/mol. The molecule has 0 radical (unpaired) electrons. The highest BCUT2D eigenvalue weighted by Gasteiger charge is 2.10. The molecule has 0 saturated heterocycles. The minimum atomic E-state index is 0.188. The summed E-state index contributed by atoms with van der Waals surface area (Å²) in [4.78, 5) is 0. The van der Waals surface area contributed by atoms with Crippen molar-refractivity contribution in [1.82, 2.24) is 0 Å². The summed E-state index contributed by atoms with van der Waals surface area (Å²) in [6.07, 6.45) is 1.85. The molecule has 0 heterocycles. The molecule has 0 saturated carbocycles. The van der Waals surface area contributed by atoms with Crippen molar-refractivity contribution in [1.29, 1.82) is 0 Å². The van der Waals surface area contributed by atoms with Crippen molar-refractivity contribution in [3.8, 4) is 5.75 Å². The zero-order chi connectivity index (χ0) is 12.1. The van der Waals surface area contributed by atoms with Gasteiger partial charge in [-0.2, -0.15) is 0 Å². The molecule has 0 amide bonds. The van der Waals surface area contributed by atoms with Crippen molar-refractivity contribution in [2.75, 3.05) is 6.61 Å². The van der Waals surface area contributed by atoms with Gasteiger partial charge in [-0.25, -0.2) is 0 Å². The van der Waals surface area contributed by atoms with Crippen LogP contribution in [0.2, 0.25) is 0 Å². The lowest BCUT2D eigenvalue weighted by molar-refractivity contribution is 0.236. The summed E-state index contributed by atoms with van der Waals surface area (Å²) >= 11 is 0. The summed E-state index contributed by atoms with van der Waals surface area (Å²) in [6, 6.07) is 4.23. The van der Waals surface area contributed by atoms with Crippen LogP contribution in [0, 0.1) is 13.8 Å². The summed E-state index contributed by atoms with van der Waals surface area (Å²) in [5.74, 6) is 1.00. The summed E-state index contributed by atoms with van der Waals surface area (Å²) in [6.45, 7) is 8.50. The van der Waals surface area contributed by atoms with Gasteiger partial charge in [0.15, 0.2) is 0 Å². The van der Waals surface area contributed by atoms with Crippen molar-refractivity contribution in [2.45, 2.75) is 46.6 Å². The fourth-order valence-electron chi connectivity index (χ4n) is 1.71. The summed E-state index contributed by atoms with van der Waals surface area (Å²) in [7, 11) is 0. The van der Waals surface area contributed by atoms with Gasteiger partial charge in [-0.05, 0) is 57.2 Å². The third kappa shape index (κ3) is 3.24. The van der Waals surface area contributed by atoms with E-state index < -0.39 is 0 Å². The van der Waals surface area contributed by atoms with Gasteiger partial charge in [0.1, 0.15) is 5.75 Å². The Labute approximate surface area is 98.3 Å². The van der Waals surface area contributed by atoms with E-state index in [1.165, 1.54) is 16.7 Å². The zero-order valence-corrected chi connectivity index (χ0v) is 10.7. The molecule has 0 aliphatic rings. The summed E-state index contributed by atoms with van der Waals surface area (Å²) in [5, 5.41) is 8.88. The second kappa shape index (κ2) is 5.90. The predicted octanol–water partition coefficient (Wildman–Crippen LogP) is 3.02. The fraction of sp³-hybridized carbons (Fsp3) is 0.571. The second-order valence-corrected chi connectivity index (χ2v) is 4.49. The van der Waals surface area contributed by atoms with Crippen LogP contribution in [0.15, 0.2) is 12.1 Å². The molecule has 1 aromatic carbocycles. The van der Waals surface area contributed by atoms with Gasteiger partial charge >= 0.3 is 0 Å². The Morgan fingerprint density at radius 1 is 1.25 bits per heavy atom. The summed E-state index contributed by atoms with van der Waals surface area (Å²) in [5.41, 5.74) is 3.67. The number of aliphatic hydroxyl groups is 1. The number of hydrogen-bond acceptors (Lipinski definition) is 2. The van der Waals surface area contributed by atoms with E-state index in [1.807, 2.05) is 13.8 Å². The molecule has 0 bridgehead atoms. The first-order valence-electron chi connectivity index (χ1n) is 5.92. The molecule has 2 nitrogen and oxygen atoms in total. The van der Waals surface area contributed by atoms with Crippen molar-refractivity contribution >= 4 is 0 Å². The third-order valence-corrected chi connectivity index (χ3v) is 2.72. The van der Waals surface area contributed by atoms with Crippen LogP contribution in [0.25, 0.3) is 0 Å². The van der Waals surface area contributed by atoms with Crippen molar-refractivity contribution in [2.24, 2.45) is 0 Å². The molecule has 2 heteroatoms. The topological polar surface area (TPSA) is 29.5 Å². The molecular formula is C14H22O2. The van der Waals surface area contributed by atoms with E-state index in [1.54, 1.807) is 0 Å². The minimum Gasteiger partial charge on any atom is -0.490 e. The van der Waals surface area contributed by atoms with E-state index >= 15 is 0 Å². The molecule has 16 heavy (non-hydrogen) atoms. The van der Waals surface area contributed by atoms with E-state index in [2.05, 4.69) is 26.0 Å². The largest absolute Gasteiger partial charge is 0.490 e.